The number of esters is 1. The van der Waals surface area contributed by atoms with Crippen LogP contribution in [0.4, 0.5) is 5.82 Å². The smallest absolute Gasteiger partial charge is 0.306 e. The van der Waals surface area contributed by atoms with Gasteiger partial charge in [-0.05, 0) is 109 Å². The molecule has 216 valence electrons. The summed E-state index contributed by atoms with van der Waals surface area (Å²) in [5, 5.41) is 0. The molecule has 0 bridgehead atoms. The van der Waals surface area contributed by atoms with Gasteiger partial charge in [-0.1, -0.05) is 71.6 Å². The molecule has 8 atom stereocenters. The Morgan fingerprint density at radius 1 is 1.08 bits per heavy atom. The summed E-state index contributed by atoms with van der Waals surface area (Å²) in [6, 6.07) is 3.74. The van der Waals surface area contributed by atoms with Crippen molar-refractivity contribution in [2.24, 2.45) is 46.3 Å². The third-order valence-electron chi connectivity index (χ3n) is 12.0. The van der Waals surface area contributed by atoms with E-state index in [0.29, 0.717) is 29.5 Å². The van der Waals surface area contributed by atoms with Crippen LogP contribution in [0.5, 0.6) is 0 Å². The molecule has 0 aromatic carbocycles. The van der Waals surface area contributed by atoms with Gasteiger partial charge in [0, 0.05) is 19.0 Å². The van der Waals surface area contributed by atoms with Gasteiger partial charge in [0.05, 0.1) is 0 Å². The number of nitrogens with zero attached hydrogens (tertiary/aromatic N) is 1. The van der Waals surface area contributed by atoms with E-state index in [1.165, 1.54) is 51.4 Å². The van der Waals surface area contributed by atoms with Crippen LogP contribution in [0.1, 0.15) is 117 Å². The van der Waals surface area contributed by atoms with Crippen molar-refractivity contribution in [1.82, 2.24) is 4.98 Å². The Labute approximate surface area is 238 Å². The largest absolute Gasteiger partial charge is 0.462 e. The van der Waals surface area contributed by atoms with Gasteiger partial charge in [-0.15, -0.1) is 0 Å². The van der Waals surface area contributed by atoms with E-state index in [9.17, 15) is 4.79 Å². The second-order valence-electron chi connectivity index (χ2n) is 14.7. The number of fused-ring (bicyclic) bond motifs is 5. The van der Waals surface area contributed by atoms with Crippen molar-refractivity contribution in [3.8, 4) is 0 Å². The molecule has 0 amide bonds. The first-order chi connectivity index (χ1) is 18.6. The lowest BCUT2D eigenvalue weighted by atomic mass is 9.47. The molecule has 1 unspecified atom stereocenters. The maximum Gasteiger partial charge on any atom is 0.306 e. The van der Waals surface area contributed by atoms with Crippen molar-refractivity contribution in [1.29, 1.82) is 0 Å². The molecule has 1 heterocycles. The molecular formula is C35H54N2O2. The van der Waals surface area contributed by atoms with E-state index in [4.69, 9.17) is 10.5 Å². The van der Waals surface area contributed by atoms with E-state index in [1.807, 2.05) is 6.07 Å². The SMILES string of the molecule is CC(C)CCC[C@@H](C)[C@H]1CC[C@H]2C3CC=C4C[C@@H](OC(=O)CCc5ccc(N)nc5)CC[C@]4(C)[C@H]3CC[C@]12C. The molecule has 4 aliphatic carbocycles. The number of allylic oxidation sites excluding steroid dienone is 1. The summed E-state index contributed by atoms with van der Waals surface area (Å²) in [7, 11) is 0. The van der Waals surface area contributed by atoms with Crippen molar-refractivity contribution in [2.45, 2.75) is 124 Å². The second-order valence-corrected chi connectivity index (χ2v) is 14.7. The van der Waals surface area contributed by atoms with Gasteiger partial charge >= 0.3 is 5.97 Å². The average molecular weight is 535 g/mol. The molecule has 4 aliphatic rings. The average Bonchev–Trinajstić information content (AvgIpc) is 3.25. The minimum absolute atomic E-state index is 0.0364. The van der Waals surface area contributed by atoms with Gasteiger partial charge in [-0.2, -0.15) is 0 Å². The molecule has 3 saturated carbocycles. The highest BCUT2D eigenvalue weighted by atomic mass is 16.5. The number of hydrogen-bond donors (Lipinski definition) is 1. The lowest BCUT2D eigenvalue weighted by Crippen LogP contribution is -2.51. The lowest BCUT2D eigenvalue weighted by Gasteiger charge is -2.58. The molecule has 0 spiro atoms. The summed E-state index contributed by atoms with van der Waals surface area (Å²) in [5.41, 5.74) is 9.13. The Bertz CT molecular complexity index is 1030. The van der Waals surface area contributed by atoms with Crippen LogP contribution in [0.3, 0.4) is 0 Å². The summed E-state index contributed by atoms with van der Waals surface area (Å²) in [5.74, 6) is 5.57. The number of nitrogens with two attached hydrogens (primary N) is 1. The minimum Gasteiger partial charge on any atom is -0.462 e. The van der Waals surface area contributed by atoms with E-state index < -0.39 is 0 Å². The van der Waals surface area contributed by atoms with Crippen molar-refractivity contribution in [3.63, 3.8) is 0 Å². The first kappa shape index (κ1) is 28.7. The van der Waals surface area contributed by atoms with Gasteiger partial charge in [0.1, 0.15) is 11.9 Å². The third-order valence-corrected chi connectivity index (χ3v) is 12.0. The van der Waals surface area contributed by atoms with Gasteiger partial charge < -0.3 is 10.5 Å². The number of aryl methyl sites for hydroxylation is 1. The van der Waals surface area contributed by atoms with Crippen LogP contribution in [0.15, 0.2) is 30.0 Å². The van der Waals surface area contributed by atoms with Crippen molar-refractivity contribution in [3.05, 3.63) is 35.5 Å². The predicted octanol–water partition coefficient (Wildman–Crippen LogP) is 8.55. The third kappa shape index (κ3) is 5.82. The summed E-state index contributed by atoms with van der Waals surface area (Å²) >= 11 is 0. The molecule has 0 radical (unpaired) electrons. The number of aromatic nitrogens is 1. The zero-order valence-corrected chi connectivity index (χ0v) is 25.4. The molecule has 3 fully saturated rings. The highest BCUT2D eigenvalue weighted by Gasteiger charge is 2.59. The maximum absolute atomic E-state index is 12.7. The molecule has 4 heteroatoms. The summed E-state index contributed by atoms with van der Waals surface area (Å²) in [4.78, 5) is 16.8. The number of carbonyl (C=O) groups excluding carboxylic acids is 1. The lowest BCUT2D eigenvalue weighted by molar-refractivity contribution is -0.151. The number of pyridine rings is 1. The number of anilines is 1. The van der Waals surface area contributed by atoms with E-state index in [1.54, 1.807) is 17.8 Å². The minimum atomic E-state index is -0.0809. The quantitative estimate of drug-likeness (QED) is 0.255. The topological polar surface area (TPSA) is 65.2 Å². The fourth-order valence-electron chi connectivity index (χ4n) is 9.83. The number of ether oxygens (including phenoxy) is 1. The van der Waals surface area contributed by atoms with E-state index in [0.717, 1.165) is 60.3 Å². The normalized spacial score (nSPS) is 36.5. The first-order valence-electron chi connectivity index (χ1n) is 16.2. The van der Waals surface area contributed by atoms with E-state index in [2.05, 4.69) is 45.7 Å². The first-order valence-corrected chi connectivity index (χ1v) is 16.2. The molecule has 0 saturated heterocycles. The van der Waals surface area contributed by atoms with Gasteiger partial charge in [-0.25, -0.2) is 4.98 Å². The highest BCUT2D eigenvalue weighted by Crippen LogP contribution is 2.67. The van der Waals surface area contributed by atoms with Crippen LogP contribution in [-0.4, -0.2) is 17.1 Å². The fraction of sp³-hybridized carbons (Fsp3) is 0.771. The molecule has 1 aromatic rings. The van der Waals surface area contributed by atoms with Crippen molar-refractivity contribution < 1.29 is 9.53 Å². The zero-order chi connectivity index (χ0) is 27.8. The van der Waals surface area contributed by atoms with Crippen molar-refractivity contribution in [2.75, 3.05) is 5.73 Å². The molecule has 4 nitrogen and oxygen atoms in total. The maximum atomic E-state index is 12.7. The standard InChI is InChI=1S/C35H54N2O2/c1-23(2)7-6-8-24(3)29-13-14-30-28-12-11-26-21-27(17-19-34(26,4)31(28)18-20-35(29,30)5)39-33(38)16-10-25-9-15-32(36)37-22-25/h9,11,15,22-24,27-31H,6-8,10,12-14,16-21H2,1-5H3,(H2,36,37)/t24-,27+,28?,29-,30+,31+,34+,35-/m1/s1. The summed E-state index contributed by atoms with van der Waals surface area (Å²) in [6.07, 6.45) is 19.7. The molecule has 39 heavy (non-hydrogen) atoms. The van der Waals surface area contributed by atoms with Crippen LogP contribution < -0.4 is 5.73 Å². The Hall–Kier alpha value is -1.84. The fourth-order valence-corrected chi connectivity index (χ4v) is 9.83. The number of carbonyl (C=O) groups is 1. The molecule has 1 aromatic heterocycles. The number of hydrogen-bond acceptors (Lipinski definition) is 4. The van der Waals surface area contributed by atoms with Crippen LogP contribution in [-0.2, 0) is 16.0 Å². The Morgan fingerprint density at radius 3 is 2.64 bits per heavy atom. The summed E-state index contributed by atoms with van der Waals surface area (Å²) < 4.78 is 6.01. The highest BCUT2D eigenvalue weighted by molar-refractivity contribution is 5.70. The molecular weight excluding hydrogens is 480 g/mol. The Kier molecular flexibility index (Phi) is 8.51. The van der Waals surface area contributed by atoms with Crippen LogP contribution in [0.25, 0.3) is 0 Å². The van der Waals surface area contributed by atoms with Gasteiger partial charge in [-0.3, -0.25) is 4.79 Å². The summed E-state index contributed by atoms with van der Waals surface area (Å²) in [6.45, 7) is 12.5. The van der Waals surface area contributed by atoms with Crippen LogP contribution in [0, 0.1) is 46.3 Å². The number of rotatable bonds is 9. The zero-order valence-electron chi connectivity index (χ0n) is 25.4. The van der Waals surface area contributed by atoms with E-state index >= 15 is 0 Å². The van der Waals surface area contributed by atoms with Gasteiger partial charge in [0.25, 0.3) is 0 Å². The van der Waals surface area contributed by atoms with Gasteiger partial charge in [0.15, 0.2) is 0 Å². The van der Waals surface area contributed by atoms with E-state index in [-0.39, 0.29) is 12.1 Å². The Morgan fingerprint density at radius 2 is 1.90 bits per heavy atom. The predicted molar refractivity (Wildman–Crippen MR) is 160 cm³/mol. The van der Waals surface area contributed by atoms with Crippen LogP contribution >= 0.6 is 0 Å². The molecule has 5 rings (SSSR count). The van der Waals surface area contributed by atoms with Gasteiger partial charge in [0.2, 0.25) is 0 Å². The Balaban J connectivity index is 1.18. The molecule has 0 aliphatic heterocycles. The number of nitrogen functional groups attached to an aromatic ring is 1. The monoisotopic (exact) mass is 534 g/mol. The van der Waals surface area contributed by atoms with Crippen molar-refractivity contribution >= 4 is 11.8 Å². The second kappa shape index (κ2) is 11.6. The van der Waals surface area contributed by atoms with Crippen LogP contribution in [0.2, 0.25) is 0 Å². The molecule has 2 N–H and O–H groups in total.